The minimum atomic E-state index is 0.0161. The van der Waals surface area contributed by atoms with Crippen molar-refractivity contribution in [3.63, 3.8) is 0 Å². The highest BCUT2D eigenvalue weighted by molar-refractivity contribution is 7.15. The molecular formula is C15H25N3OS. The maximum Gasteiger partial charge on any atom is 0.226 e. The second kappa shape index (κ2) is 6.68. The summed E-state index contributed by atoms with van der Waals surface area (Å²) in [6, 6.07) is 0. The van der Waals surface area contributed by atoms with E-state index >= 15 is 0 Å². The van der Waals surface area contributed by atoms with Gasteiger partial charge in [0.05, 0.1) is 5.69 Å². The standard InChI is InChI=1S/C15H25N3OS/c1-3-12-11(2)20-14(17-12)18-13(19)9-15(10-16)7-5-4-6-8-15/h3-10,16H2,1-2H3,(H,17,18,19). The summed E-state index contributed by atoms with van der Waals surface area (Å²) in [5.74, 6) is 0.0637. The highest BCUT2D eigenvalue weighted by Gasteiger charge is 2.33. The second-order valence-electron chi connectivity index (χ2n) is 5.87. The van der Waals surface area contributed by atoms with Crippen molar-refractivity contribution in [2.24, 2.45) is 11.1 Å². The predicted octanol–water partition coefficient (Wildman–Crippen LogP) is 3.25. The van der Waals surface area contributed by atoms with Gasteiger partial charge in [0.15, 0.2) is 5.13 Å². The van der Waals surface area contributed by atoms with Gasteiger partial charge in [-0.2, -0.15) is 0 Å². The van der Waals surface area contributed by atoms with Crippen LogP contribution in [-0.2, 0) is 11.2 Å². The number of carbonyl (C=O) groups is 1. The fourth-order valence-electron chi connectivity index (χ4n) is 3.07. The number of anilines is 1. The normalized spacial score (nSPS) is 17.9. The lowest BCUT2D eigenvalue weighted by atomic mass is 9.72. The van der Waals surface area contributed by atoms with Crippen molar-refractivity contribution in [3.8, 4) is 0 Å². The summed E-state index contributed by atoms with van der Waals surface area (Å²) in [4.78, 5) is 17.9. The van der Waals surface area contributed by atoms with Gasteiger partial charge >= 0.3 is 0 Å². The number of rotatable bonds is 5. The molecule has 0 radical (unpaired) electrons. The molecule has 1 aromatic heterocycles. The number of thiazole rings is 1. The second-order valence-corrected chi connectivity index (χ2v) is 7.07. The molecule has 1 aliphatic carbocycles. The number of aryl methyl sites for hydroxylation is 2. The van der Waals surface area contributed by atoms with E-state index < -0.39 is 0 Å². The Hall–Kier alpha value is -0.940. The van der Waals surface area contributed by atoms with Gasteiger partial charge in [0.2, 0.25) is 5.91 Å². The minimum absolute atomic E-state index is 0.0161. The van der Waals surface area contributed by atoms with Crippen LogP contribution >= 0.6 is 11.3 Å². The lowest BCUT2D eigenvalue weighted by Crippen LogP contribution is -2.36. The number of nitrogens with one attached hydrogen (secondary N) is 1. The zero-order chi connectivity index (χ0) is 14.6. The third kappa shape index (κ3) is 3.58. The summed E-state index contributed by atoms with van der Waals surface area (Å²) in [6.07, 6.45) is 7.26. The van der Waals surface area contributed by atoms with Crippen molar-refractivity contribution in [2.75, 3.05) is 11.9 Å². The number of carbonyl (C=O) groups excluding carboxylic acids is 1. The average molecular weight is 295 g/mol. The summed E-state index contributed by atoms with van der Waals surface area (Å²) >= 11 is 1.56. The Balaban J connectivity index is 1.97. The van der Waals surface area contributed by atoms with Crippen LogP contribution in [0, 0.1) is 12.3 Å². The van der Waals surface area contributed by atoms with Gasteiger partial charge < -0.3 is 11.1 Å². The first-order chi connectivity index (χ1) is 9.58. The van der Waals surface area contributed by atoms with Crippen LogP contribution < -0.4 is 11.1 Å². The van der Waals surface area contributed by atoms with Crippen LogP contribution in [0.5, 0.6) is 0 Å². The number of nitrogens with zero attached hydrogens (tertiary/aromatic N) is 1. The van der Waals surface area contributed by atoms with Crippen LogP contribution in [-0.4, -0.2) is 17.4 Å². The van der Waals surface area contributed by atoms with Gasteiger partial charge in [0, 0.05) is 11.3 Å². The SMILES string of the molecule is CCc1nc(NC(=O)CC2(CN)CCCCC2)sc1C. The quantitative estimate of drug-likeness (QED) is 0.876. The zero-order valence-corrected chi connectivity index (χ0v) is 13.3. The molecule has 0 atom stereocenters. The molecule has 0 aliphatic heterocycles. The fraction of sp³-hybridized carbons (Fsp3) is 0.733. The van der Waals surface area contributed by atoms with Gasteiger partial charge in [0.25, 0.3) is 0 Å². The Kier molecular flexibility index (Phi) is 5.16. The molecule has 4 nitrogen and oxygen atoms in total. The van der Waals surface area contributed by atoms with Crippen molar-refractivity contribution in [1.29, 1.82) is 0 Å². The molecule has 0 aromatic carbocycles. The highest BCUT2D eigenvalue weighted by atomic mass is 32.1. The molecule has 1 saturated carbocycles. The molecule has 0 spiro atoms. The van der Waals surface area contributed by atoms with Crippen molar-refractivity contribution in [1.82, 2.24) is 4.98 Å². The molecule has 3 N–H and O–H groups in total. The van der Waals surface area contributed by atoms with E-state index in [4.69, 9.17) is 5.73 Å². The Morgan fingerprint density at radius 3 is 2.65 bits per heavy atom. The van der Waals surface area contributed by atoms with Gasteiger partial charge in [-0.05, 0) is 38.1 Å². The van der Waals surface area contributed by atoms with E-state index in [-0.39, 0.29) is 11.3 Å². The smallest absolute Gasteiger partial charge is 0.226 e. The molecule has 0 saturated heterocycles. The van der Waals surface area contributed by atoms with E-state index in [0.717, 1.165) is 30.1 Å². The fourth-order valence-corrected chi connectivity index (χ4v) is 3.99. The van der Waals surface area contributed by atoms with E-state index in [9.17, 15) is 4.79 Å². The molecular weight excluding hydrogens is 270 g/mol. The summed E-state index contributed by atoms with van der Waals surface area (Å²) in [5, 5.41) is 3.69. The zero-order valence-electron chi connectivity index (χ0n) is 12.5. The van der Waals surface area contributed by atoms with Gasteiger partial charge in [0.1, 0.15) is 0 Å². The first kappa shape index (κ1) is 15.4. The maximum atomic E-state index is 12.3. The van der Waals surface area contributed by atoms with Crippen molar-refractivity contribution < 1.29 is 4.79 Å². The number of nitrogens with two attached hydrogens (primary N) is 1. The number of hydrogen-bond donors (Lipinski definition) is 2. The van der Waals surface area contributed by atoms with E-state index in [1.165, 1.54) is 24.1 Å². The predicted molar refractivity (Wildman–Crippen MR) is 84.0 cm³/mol. The van der Waals surface area contributed by atoms with Crippen LogP contribution in [0.1, 0.15) is 56.0 Å². The van der Waals surface area contributed by atoms with Crippen LogP contribution in [0.15, 0.2) is 0 Å². The summed E-state index contributed by atoms with van der Waals surface area (Å²) in [5.41, 5.74) is 7.03. The third-order valence-electron chi connectivity index (χ3n) is 4.36. The molecule has 0 unspecified atom stereocenters. The van der Waals surface area contributed by atoms with Crippen molar-refractivity contribution >= 4 is 22.4 Å². The largest absolute Gasteiger partial charge is 0.330 e. The van der Waals surface area contributed by atoms with Crippen molar-refractivity contribution in [2.45, 2.75) is 58.8 Å². The third-order valence-corrected chi connectivity index (χ3v) is 5.29. The Morgan fingerprint density at radius 2 is 2.10 bits per heavy atom. The summed E-state index contributed by atoms with van der Waals surface area (Å²) in [7, 11) is 0. The Bertz CT molecular complexity index is 464. The monoisotopic (exact) mass is 295 g/mol. The van der Waals surface area contributed by atoms with Crippen LogP contribution in [0.4, 0.5) is 5.13 Å². The van der Waals surface area contributed by atoms with Crippen LogP contribution in [0.3, 0.4) is 0 Å². The topological polar surface area (TPSA) is 68.0 Å². The van der Waals surface area contributed by atoms with Crippen LogP contribution in [0.25, 0.3) is 0 Å². The molecule has 112 valence electrons. The highest BCUT2D eigenvalue weighted by Crippen LogP contribution is 2.38. The molecule has 20 heavy (non-hydrogen) atoms. The summed E-state index contributed by atoms with van der Waals surface area (Å²) in [6.45, 7) is 4.74. The van der Waals surface area contributed by atoms with E-state index in [0.29, 0.717) is 13.0 Å². The maximum absolute atomic E-state index is 12.3. The first-order valence-corrected chi connectivity index (χ1v) is 8.36. The molecule has 1 amide bonds. The van der Waals surface area contributed by atoms with Crippen LogP contribution in [0.2, 0.25) is 0 Å². The summed E-state index contributed by atoms with van der Waals surface area (Å²) < 4.78 is 0. The lowest BCUT2D eigenvalue weighted by Gasteiger charge is -2.35. The Labute approximate surface area is 125 Å². The minimum Gasteiger partial charge on any atom is -0.330 e. The van der Waals surface area contributed by atoms with Gasteiger partial charge in [-0.15, -0.1) is 11.3 Å². The van der Waals surface area contributed by atoms with E-state index in [1.807, 2.05) is 0 Å². The Morgan fingerprint density at radius 1 is 1.40 bits per heavy atom. The van der Waals surface area contributed by atoms with Gasteiger partial charge in [-0.1, -0.05) is 26.2 Å². The molecule has 5 heteroatoms. The molecule has 2 rings (SSSR count). The van der Waals surface area contributed by atoms with Gasteiger partial charge in [-0.3, -0.25) is 4.79 Å². The number of amides is 1. The molecule has 1 fully saturated rings. The molecule has 1 heterocycles. The van der Waals surface area contributed by atoms with E-state index in [1.54, 1.807) is 11.3 Å². The number of aromatic nitrogens is 1. The number of hydrogen-bond acceptors (Lipinski definition) is 4. The molecule has 1 aromatic rings. The van der Waals surface area contributed by atoms with Crippen molar-refractivity contribution in [3.05, 3.63) is 10.6 Å². The van der Waals surface area contributed by atoms with E-state index in [2.05, 4.69) is 24.1 Å². The lowest BCUT2D eigenvalue weighted by molar-refractivity contribution is -0.118. The molecule has 1 aliphatic rings. The first-order valence-electron chi connectivity index (χ1n) is 7.55. The molecule has 0 bridgehead atoms. The average Bonchev–Trinajstić information content (AvgIpc) is 2.79. The van der Waals surface area contributed by atoms with Gasteiger partial charge in [-0.25, -0.2) is 4.98 Å².